The van der Waals surface area contributed by atoms with Crippen molar-refractivity contribution < 1.29 is 28.6 Å². The Morgan fingerprint density at radius 3 is 2.04 bits per heavy atom. The highest BCUT2D eigenvalue weighted by Gasteiger charge is 2.47. The van der Waals surface area contributed by atoms with E-state index >= 15 is 0 Å². The summed E-state index contributed by atoms with van der Waals surface area (Å²) in [6, 6.07) is 6.46. The molecule has 0 bridgehead atoms. The Bertz CT molecular complexity index is 566. The van der Waals surface area contributed by atoms with Gasteiger partial charge in [0.05, 0.1) is 18.9 Å². The number of nitrogens with one attached hydrogen (secondary N) is 1. The molecule has 23 heavy (non-hydrogen) atoms. The van der Waals surface area contributed by atoms with Gasteiger partial charge in [0.1, 0.15) is 5.75 Å². The van der Waals surface area contributed by atoms with Gasteiger partial charge in [0, 0.05) is 6.92 Å². The van der Waals surface area contributed by atoms with Crippen LogP contribution < -0.4 is 10.1 Å². The Hall–Kier alpha value is -2.57. The first-order valence-electron chi connectivity index (χ1n) is 7.25. The number of ether oxygens (including phenoxy) is 3. The van der Waals surface area contributed by atoms with Crippen molar-refractivity contribution in [2.45, 2.75) is 33.3 Å². The first-order chi connectivity index (χ1) is 10.8. The minimum atomic E-state index is -1.97. The van der Waals surface area contributed by atoms with E-state index in [-0.39, 0.29) is 24.9 Å². The lowest BCUT2D eigenvalue weighted by Crippen LogP contribution is -2.51. The molecule has 0 aromatic heterocycles. The summed E-state index contributed by atoms with van der Waals surface area (Å²) in [4.78, 5) is 35.6. The summed E-state index contributed by atoms with van der Waals surface area (Å²) in [5.41, 5.74) is -1.64. The predicted octanol–water partition coefficient (Wildman–Crippen LogP) is 1.91. The minimum Gasteiger partial charge on any atom is -0.463 e. The summed E-state index contributed by atoms with van der Waals surface area (Å²) in [6.45, 7) is 6.03. The maximum Gasteiger partial charge on any atom is 0.362 e. The summed E-state index contributed by atoms with van der Waals surface area (Å²) in [6.07, 6.45) is 0. The molecule has 0 unspecified atom stereocenters. The number of benzene rings is 1. The van der Waals surface area contributed by atoms with Crippen LogP contribution >= 0.6 is 0 Å². The third-order valence-corrected chi connectivity index (χ3v) is 2.84. The molecule has 0 atom stereocenters. The van der Waals surface area contributed by atoms with Gasteiger partial charge in [-0.15, -0.1) is 0 Å². The smallest absolute Gasteiger partial charge is 0.362 e. The molecule has 0 aliphatic heterocycles. The van der Waals surface area contributed by atoms with Gasteiger partial charge in [-0.25, -0.2) is 9.59 Å². The van der Waals surface area contributed by atoms with Gasteiger partial charge in [0.25, 0.3) is 5.60 Å². The van der Waals surface area contributed by atoms with Gasteiger partial charge in [-0.1, -0.05) is 12.1 Å². The van der Waals surface area contributed by atoms with Gasteiger partial charge < -0.3 is 19.5 Å². The topological polar surface area (TPSA) is 90.9 Å². The van der Waals surface area contributed by atoms with Gasteiger partial charge in [0.15, 0.2) is 0 Å². The number of para-hydroxylation sites is 2. The van der Waals surface area contributed by atoms with Crippen molar-refractivity contribution in [3.63, 3.8) is 0 Å². The molecule has 7 heteroatoms. The molecule has 1 amide bonds. The van der Waals surface area contributed by atoms with Crippen LogP contribution in [-0.4, -0.2) is 36.7 Å². The third kappa shape index (κ3) is 4.70. The molecule has 7 nitrogen and oxygen atoms in total. The zero-order chi connectivity index (χ0) is 17.5. The van der Waals surface area contributed by atoms with Crippen LogP contribution in [-0.2, 0) is 23.9 Å². The van der Waals surface area contributed by atoms with Crippen molar-refractivity contribution in [1.82, 2.24) is 0 Å². The summed E-state index contributed by atoms with van der Waals surface area (Å²) in [5.74, 6) is -1.88. The summed E-state index contributed by atoms with van der Waals surface area (Å²) >= 11 is 0. The zero-order valence-electron chi connectivity index (χ0n) is 13.7. The van der Waals surface area contributed by atoms with E-state index in [9.17, 15) is 14.4 Å². The van der Waals surface area contributed by atoms with E-state index in [0.29, 0.717) is 5.69 Å². The number of rotatable bonds is 7. The van der Waals surface area contributed by atoms with Crippen LogP contribution in [0.2, 0.25) is 0 Å². The SMILES string of the molecule is CCOC(=O)C(C)(Oc1ccccc1NC(C)=O)C(=O)OCC. The Morgan fingerprint density at radius 2 is 1.57 bits per heavy atom. The molecule has 0 heterocycles. The van der Waals surface area contributed by atoms with Gasteiger partial charge in [-0.2, -0.15) is 0 Å². The monoisotopic (exact) mass is 323 g/mol. The van der Waals surface area contributed by atoms with E-state index in [0.717, 1.165) is 0 Å². The van der Waals surface area contributed by atoms with Crippen LogP contribution in [0.5, 0.6) is 5.75 Å². The normalized spacial score (nSPS) is 10.6. The minimum absolute atomic E-state index is 0.0878. The third-order valence-electron chi connectivity index (χ3n) is 2.84. The fourth-order valence-electron chi connectivity index (χ4n) is 1.77. The summed E-state index contributed by atoms with van der Waals surface area (Å²) in [5, 5.41) is 2.57. The molecule has 0 aliphatic rings. The summed E-state index contributed by atoms with van der Waals surface area (Å²) in [7, 11) is 0. The first kappa shape index (κ1) is 18.5. The highest BCUT2D eigenvalue weighted by Crippen LogP contribution is 2.29. The number of carbonyl (C=O) groups excluding carboxylic acids is 3. The van der Waals surface area contributed by atoms with Crippen molar-refractivity contribution >= 4 is 23.5 Å². The van der Waals surface area contributed by atoms with Gasteiger partial charge in [-0.05, 0) is 32.9 Å². The van der Waals surface area contributed by atoms with Gasteiger partial charge in [0.2, 0.25) is 5.91 Å². The highest BCUT2D eigenvalue weighted by atomic mass is 16.6. The number of esters is 2. The van der Waals surface area contributed by atoms with E-state index in [1.807, 2.05) is 0 Å². The van der Waals surface area contributed by atoms with E-state index in [4.69, 9.17) is 14.2 Å². The molecule has 0 saturated heterocycles. The van der Waals surface area contributed by atoms with Crippen molar-refractivity contribution in [3.8, 4) is 5.75 Å². The van der Waals surface area contributed by atoms with E-state index in [1.165, 1.54) is 19.9 Å². The summed E-state index contributed by atoms with van der Waals surface area (Å²) < 4.78 is 15.4. The van der Waals surface area contributed by atoms with Crippen molar-refractivity contribution in [2.24, 2.45) is 0 Å². The Kier molecular flexibility index (Phi) is 6.56. The predicted molar refractivity (Wildman–Crippen MR) is 83.0 cm³/mol. The molecule has 1 aromatic carbocycles. The average molecular weight is 323 g/mol. The number of hydrogen-bond donors (Lipinski definition) is 1. The quantitative estimate of drug-likeness (QED) is 0.609. The number of amides is 1. The molecule has 126 valence electrons. The van der Waals surface area contributed by atoms with E-state index < -0.39 is 17.5 Å². The number of anilines is 1. The van der Waals surface area contributed by atoms with Crippen LogP contribution in [0.15, 0.2) is 24.3 Å². The first-order valence-corrected chi connectivity index (χ1v) is 7.25. The fraction of sp³-hybridized carbons (Fsp3) is 0.438. The molecule has 0 saturated carbocycles. The maximum absolute atomic E-state index is 12.2. The molecule has 1 N–H and O–H groups in total. The van der Waals surface area contributed by atoms with Crippen molar-refractivity contribution in [1.29, 1.82) is 0 Å². The lowest BCUT2D eigenvalue weighted by molar-refractivity contribution is -0.177. The molecule has 0 aliphatic carbocycles. The second kappa shape index (κ2) is 8.17. The Balaban J connectivity index is 3.18. The van der Waals surface area contributed by atoms with E-state index in [1.54, 1.807) is 32.0 Å². The van der Waals surface area contributed by atoms with Gasteiger partial charge >= 0.3 is 11.9 Å². The fourth-order valence-corrected chi connectivity index (χ4v) is 1.77. The molecular weight excluding hydrogens is 302 g/mol. The second-order valence-electron chi connectivity index (χ2n) is 4.75. The Morgan fingerprint density at radius 1 is 1.04 bits per heavy atom. The highest BCUT2D eigenvalue weighted by molar-refractivity contribution is 6.03. The molecule has 0 fully saturated rings. The van der Waals surface area contributed by atoms with Crippen LogP contribution in [0.4, 0.5) is 5.69 Å². The van der Waals surface area contributed by atoms with Crippen LogP contribution in [0.1, 0.15) is 27.7 Å². The molecule has 1 aromatic rings. The molecule has 0 spiro atoms. The van der Waals surface area contributed by atoms with Crippen LogP contribution in [0.3, 0.4) is 0 Å². The second-order valence-corrected chi connectivity index (χ2v) is 4.75. The standard InChI is InChI=1S/C16H21NO6/c1-5-21-14(19)16(4,15(20)22-6-2)23-13-10-8-7-9-12(13)17-11(3)18/h7-10H,5-6H2,1-4H3,(H,17,18). The molecular formula is C16H21NO6. The van der Waals surface area contributed by atoms with Crippen molar-refractivity contribution in [3.05, 3.63) is 24.3 Å². The number of carbonyl (C=O) groups is 3. The van der Waals surface area contributed by atoms with Crippen LogP contribution in [0, 0.1) is 0 Å². The molecule has 1 rings (SSSR count). The zero-order valence-corrected chi connectivity index (χ0v) is 13.7. The lowest BCUT2D eigenvalue weighted by atomic mass is 10.1. The lowest BCUT2D eigenvalue weighted by Gasteiger charge is -2.27. The molecule has 0 radical (unpaired) electrons. The Labute approximate surface area is 134 Å². The largest absolute Gasteiger partial charge is 0.463 e. The number of hydrogen-bond acceptors (Lipinski definition) is 6. The maximum atomic E-state index is 12.2. The van der Waals surface area contributed by atoms with E-state index in [2.05, 4.69) is 5.32 Å². The average Bonchev–Trinajstić information content (AvgIpc) is 2.49. The van der Waals surface area contributed by atoms with Gasteiger partial charge in [-0.3, -0.25) is 4.79 Å². The van der Waals surface area contributed by atoms with Crippen LogP contribution in [0.25, 0.3) is 0 Å². The van der Waals surface area contributed by atoms with Crippen molar-refractivity contribution in [2.75, 3.05) is 18.5 Å².